The van der Waals surface area contributed by atoms with E-state index in [2.05, 4.69) is 26.1 Å². The lowest BCUT2D eigenvalue weighted by atomic mass is 10.4. The lowest BCUT2D eigenvalue weighted by Crippen LogP contribution is -2.18. The molecule has 0 amide bonds. The Morgan fingerprint density at radius 1 is 1.50 bits per heavy atom. The molecule has 0 spiro atoms. The smallest absolute Gasteiger partial charge is 0.250 e. The molecule has 0 atom stereocenters. The van der Waals surface area contributed by atoms with Crippen molar-refractivity contribution in [2.45, 2.75) is 10.9 Å². The summed E-state index contributed by atoms with van der Waals surface area (Å²) in [5.74, 6) is 0. The molecule has 7 heteroatoms. The van der Waals surface area contributed by atoms with Crippen LogP contribution in [-0.4, -0.2) is 21.0 Å². The lowest BCUT2D eigenvalue weighted by molar-refractivity contribution is 0.739. The Morgan fingerprint density at radius 3 is 3.00 bits per heavy atom. The van der Waals surface area contributed by atoms with Gasteiger partial charge in [0.25, 0.3) is 5.56 Å². The molecule has 0 radical (unpaired) electrons. The minimum Gasteiger partial charge on any atom is -0.307 e. The molecule has 0 aliphatic carbocycles. The Kier molecular flexibility index (Phi) is 3.78. The average molecular weight is 318 g/mol. The molecule has 0 aromatic carbocycles. The molecule has 0 fully saturated rings. The molecule has 2 aromatic heterocycles. The van der Waals surface area contributed by atoms with Crippen LogP contribution in [0, 0.1) is 0 Å². The van der Waals surface area contributed by atoms with Crippen molar-refractivity contribution in [1.29, 1.82) is 0 Å². The molecular formula is C9H8BrN3OS2. The number of thioether (sulfide) groups is 1. The zero-order valence-corrected chi connectivity index (χ0v) is 11.6. The van der Waals surface area contributed by atoms with Crippen LogP contribution >= 0.6 is 39.0 Å². The predicted octanol–water partition coefficient (Wildman–Crippen LogP) is 2.23. The molecule has 2 heterocycles. The van der Waals surface area contributed by atoms with Gasteiger partial charge in [-0.3, -0.25) is 4.79 Å². The topological polar surface area (TPSA) is 47.8 Å². The van der Waals surface area contributed by atoms with E-state index < -0.39 is 0 Å². The van der Waals surface area contributed by atoms with Crippen LogP contribution < -0.4 is 5.56 Å². The molecule has 2 rings (SSSR count). The molecule has 0 N–H and O–H groups in total. The van der Waals surface area contributed by atoms with E-state index in [1.165, 1.54) is 17.4 Å². The quantitative estimate of drug-likeness (QED) is 0.814. The Morgan fingerprint density at radius 2 is 2.31 bits per heavy atom. The van der Waals surface area contributed by atoms with Gasteiger partial charge >= 0.3 is 0 Å². The molecule has 4 nitrogen and oxygen atoms in total. The van der Waals surface area contributed by atoms with Gasteiger partial charge in [-0.2, -0.15) is 0 Å². The highest BCUT2D eigenvalue weighted by atomic mass is 79.9. The SMILES string of the molecule is CSc1nnc(Cn2cc(Br)ccc2=O)s1. The van der Waals surface area contributed by atoms with Gasteiger partial charge in [0.2, 0.25) is 0 Å². The number of rotatable bonds is 3. The zero-order chi connectivity index (χ0) is 11.5. The largest absolute Gasteiger partial charge is 0.307 e. The van der Waals surface area contributed by atoms with Crippen LogP contribution in [0.15, 0.2) is 31.9 Å². The second kappa shape index (κ2) is 5.11. The Labute approximate surface area is 109 Å². The van der Waals surface area contributed by atoms with Crippen molar-refractivity contribution >= 4 is 39.0 Å². The molecule has 84 valence electrons. The summed E-state index contributed by atoms with van der Waals surface area (Å²) in [6.07, 6.45) is 3.71. The third-order valence-electron chi connectivity index (χ3n) is 1.88. The van der Waals surface area contributed by atoms with Gasteiger partial charge in [-0.15, -0.1) is 10.2 Å². The second-order valence-corrected chi connectivity index (χ2v) is 6.01. The number of halogens is 1. The van der Waals surface area contributed by atoms with Gasteiger partial charge < -0.3 is 4.57 Å². The maximum Gasteiger partial charge on any atom is 0.250 e. The first-order valence-electron chi connectivity index (χ1n) is 4.41. The highest BCUT2D eigenvalue weighted by molar-refractivity contribution is 9.10. The van der Waals surface area contributed by atoms with Crippen molar-refractivity contribution < 1.29 is 0 Å². The van der Waals surface area contributed by atoms with Crippen molar-refractivity contribution in [2.24, 2.45) is 0 Å². The number of aromatic nitrogens is 3. The minimum atomic E-state index is -0.0379. The molecule has 0 bridgehead atoms. The second-order valence-electron chi connectivity index (χ2n) is 2.98. The molecule has 0 aliphatic heterocycles. The molecular weight excluding hydrogens is 310 g/mol. The third kappa shape index (κ3) is 2.72. The van der Waals surface area contributed by atoms with E-state index in [-0.39, 0.29) is 5.56 Å². The summed E-state index contributed by atoms with van der Waals surface area (Å²) in [7, 11) is 0. The van der Waals surface area contributed by atoms with Crippen LogP contribution in [0.1, 0.15) is 5.01 Å². The number of hydrogen-bond acceptors (Lipinski definition) is 5. The monoisotopic (exact) mass is 317 g/mol. The van der Waals surface area contributed by atoms with Gasteiger partial charge in [0, 0.05) is 16.7 Å². The highest BCUT2D eigenvalue weighted by Gasteiger charge is 2.05. The fourth-order valence-corrected chi connectivity index (χ4v) is 2.85. The van der Waals surface area contributed by atoms with Crippen LogP contribution in [0.5, 0.6) is 0 Å². The highest BCUT2D eigenvalue weighted by Crippen LogP contribution is 2.19. The molecule has 2 aromatic rings. The van der Waals surface area contributed by atoms with E-state index >= 15 is 0 Å². The van der Waals surface area contributed by atoms with E-state index in [4.69, 9.17) is 0 Å². The van der Waals surface area contributed by atoms with E-state index in [1.54, 1.807) is 28.6 Å². The summed E-state index contributed by atoms with van der Waals surface area (Å²) in [5, 5.41) is 8.85. The van der Waals surface area contributed by atoms with Crippen molar-refractivity contribution in [2.75, 3.05) is 6.26 Å². The summed E-state index contributed by atoms with van der Waals surface area (Å²) in [6.45, 7) is 0.469. The van der Waals surface area contributed by atoms with Crippen LogP contribution in [0.25, 0.3) is 0 Å². The third-order valence-corrected chi connectivity index (χ3v) is 4.23. The Hall–Kier alpha value is -0.660. The van der Waals surface area contributed by atoms with Crippen LogP contribution in [0.3, 0.4) is 0 Å². The van der Waals surface area contributed by atoms with E-state index in [0.29, 0.717) is 6.54 Å². The summed E-state index contributed by atoms with van der Waals surface area (Å²) >= 11 is 6.40. The van der Waals surface area contributed by atoms with Crippen molar-refractivity contribution in [3.63, 3.8) is 0 Å². The summed E-state index contributed by atoms with van der Waals surface area (Å²) in [4.78, 5) is 11.5. The van der Waals surface area contributed by atoms with Gasteiger partial charge in [-0.1, -0.05) is 23.1 Å². The summed E-state index contributed by atoms with van der Waals surface area (Å²) in [6, 6.07) is 3.26. The normalized spacial score (nSPS) is 10.6. The Bertz CT molecular complexity index is 552. The summed E-state index contributed by atoms with van der Waals surface area (Å²) < 4.78 is 3.40. The fourth-order valence-electron chi connectivity index (χ4n) is 1.16. The van der Waals surface area contributed by atoms with Crippen molar-refractivity contribution in [3.05, 3.63) is 38.2 Å². The van der Waals surface area contributed by atoms with E-state index in [1.807, 2.05) is 6.26 Å². The first-order valence-corrected chi connectivity index (χ1v) is 7.25. The molecule has 0 saturated heterocycles. The van der Waals surface area contributed by atoms with Gasteiger partial charge in [0.05, 0.1) is 6.54 Å². The van der Waals surface area contributed by atoms with Gasteiger partial charge in [-0.25, -0.2) is 0 Å². The first-order chi connectivity index (χ1) is 7.69. The van der Waals surface area contributed by atoms with Crippen molar-refractivity contribution in [1.82, 2.24) is 14.8 Å². The minimum absolute atomic E-state index is 0.0379. The number of pyridine rings is 1. The average Bonchev–Trinajstić information content (AvgIpc) is 2.71. The van der Waals surface area contributed by atoms with Gasteiger partial charge in [-0.05, 0) is 28.3 Å². The lowest BCUT2D eigenvalue weighted by Gasteiger charge is -2.01. The first kappa shape index (κ1) is 11.8. The molecule has 0 saturated carbocycles. The van der Waals surface area contributed by atoms with Crippen LogP contribution in [0.2, 0.25) is 0 Å². The van der Waals surface area contributed by atoms with E-state index in [0.717, 1.165) is 13.8 Å². The molecule has 0 aliphatic rings. The van der Waals surface area contributed by atoms with Crippen molar-refractivity contribution in [3.8, 4) is 0 Å². The predicted molar refractivity (Wildman–Crippen MR) is 69.2 cm³/mol. The standard InChI is InChI=1S/C9H8BrN3OS2/c1-15-9-12-11-7(16-9)5-13-4-6(10)2-3-8(13)14/h2-4H,5H2,1H3. The Balaban J connectivity index is 2.26. The molecule has 0 unspecified atom stereocenters. The van der Waals surface area contributed by atoms with E-state index in [9.17, 15) is 4.79 Å². The molecule has 16 heavy (non-hydrogen) atoms. The van der Waals surface area contributed by atoms with Crippen LogP contribution in [0.4, 0.5) is 0 Å². The van der Waals surface area contributed by atoms with Gasteiger partial charge in [0.1, 0.15) is 5.01 Å². The summed E-state index contributed by atoms with van der Waals surface area (Å²) in [5.41, 5.74) is -0.0379. The fraction of sp³-hybridized carbons (Fsp3) is 0.222. The number of hydrogen-bond donors (Lipinski definition) is 0. The number of nitrogens with zero attached hydrogens (tertiary/aromatic N) is 3. The maximum absolute atomic E-state index is 11.5. The maximum atomic E-state index is 11.5. The van der Waals surface area contributed by atoms with Crippen LogP contribution in [-0.2, 0) is 6.54 Å². The zero-order valence-electron chi connectivity index (χ0n) is 8.38. The van der Waals surface area contributed by atoms with Gasteiger partial charge in [0.15, 0.2) is 4.34 Å².